The molecule has 0 radical (unpaired) electrons. The first-order valence-corrected chi connectivity index (χ1v) is 7.32. The van der Waals surface area contributed by atoms with Gasteiger partial charge >= 0.3 is 0 Å². The molecule has 3 N–H and O–H groups in total. The summed E-state index contributed by atoms with van der Waals surface area (Å²) in [5.41, 5.74) is 5.77. The first-order valence-electron chi connectivity index (χ1n) is 7.32. The lowest BCUT2D eigenvalue weighted by Crippen LogP contribution is -2.33. The van der Waals surface area contributed by atoms with E-state index in [4.69, 9.17) is 10.5 Å². The van der Waals surface area contributed by atoms with E-state index in [-0.39, 0.29) is 12.5 Å². The fourth-order valence-corrected chi connectivity index (χ4v) is 2.57. The van der Waals surface area contributed by atoms with E-state index in [1.165, 1.54) is 25.7 Å². The highest BCUT2D eigenvalue weighted by Crippen LogP contribution is 2.29. The molecule has 0 aromatic rings. The van der Waals surface area contributed by atoms with E-state index < -0.39 is 0 Å². The Hall–Kier alpha value is -0.610. The maximum absolute atomic E-state index is 11.4. The molecular formula is C14H28N2O2. The largest absolute Gasteiger partial charge is 0.371 e. The summed E-state index contributed by atoms with van der Waals surface area (Å²) in [5, 5.41) is 2.86. The molecule has 4 nitrogen and oxygen atoms in total. The number of carbonyl (C=O) groups excluding carboxylic acids is 1. The molecule has 0 aliphatic heterocycles. The highest BCUT2D eigenvalue weighted by molar-refractivity contribution is 5.77. The number of ether oxygens (including phenoxy) is 1. The van der Waals surface area contributed by atoms with Crippen LogP contribution in [0.5, 0.6) is 0 Å². The van der Waals surface area contributed by atoms with Gasteiger partial charge in [0.2, 0.25) is 5.91 Å². The van der Waals surface area contributed by atoms with Crippen LogP contribution < -0.4 is 11.1 Å². The third kappa shape index (κ3) is 5.83. The Bertz CT molecular complexity index is 234. The summed E-state index contributed by atoms with van der Waals surface area (Å²) in [6.07, 6.45) is 7.10. The van der Waals surface area contributed by atoms with Gasteiger partial charge < -0.3 is 15.8 Å². The number of hydrogen-bond donors (Lipinski definition) is 2. The lowest BCUT2D eigenvalue weighted by molar-refractivity contribution is -0.126. The van der Waals surface area contributed by atoms with Crippen LogP contribution in [-0.2, 0) is 9.53 Å². The van der Waals surface area contributed by atoms with Gasteiger partial charge in [0.15, 0.2) is 0 Å². The molecular weight excluding hydrogens is 228 g/mol. The Morgan fingerprint density at radius 1 is 1.33 bits per heavy atom. The summed E-state index contributed by atoms with van der Waals surface area (Å²) in [6, 6.07) is 0. The second kappa shape index (κ2) is 9.34. The Morgan fingerprint density at radius 3 is 2.72 bits per heavy atom. The molecule has 1 aliphatic rings. The van der Waals surface area contributed by atoms with Crippen molar-refractivity contribution < 1.29 is 9.53 Å². The van der Waals surface area contributed by atoms with Crippen LogP contribution in [0.3, 0.4) is 0 Å². The predicted molar refractivity (Wildman–Crippen MR) is 73.2 cm³/mol. The van der Waals surface area contributed by atoms with Crippen LogP contribution in [0, 0.1) is 11.8 Å². The molecule has 0 aromatic carbocycles. The topological polar surface area (TPSA) is 64.3 Å². The second-order valence-corrected chi connectivity index (χ2v) is 5.26. The van der Waals surface area contributed by atoms with E-state index in [9.17, 15) is 4.79 Å². The van der Waals surface area contributed by atoms with E-state index in [1.54, 1.807) is 0 Å². The maximum Gasteiger partial charge on any atom is 0.245 e. The summed E-state index contributed by atoms with van der Waals surface area (Å²) < 4.78 is 5.53. The quantitative estimate of drug-likeness (QED) is 0.649. The third-order valence-electron chi connectivity index (χ3n) is 3.79. The van der Waals surface area contributed by atoms with E-state index in [0.29, 0.717) is 18.4 Å². The molecule has 2 atom stereocenters. The van der Waals surface area contributed by atoms with Crippen LogP contribution in [-0.4, -0.2) is 32.2 Å². The van der Waals surface area contributed by atoms with Gasteiger partial charge in [0.1, 0.15) is 6.61 Å². The average Bonchev–Trinajstić information content (AvgIpc) is 2.39. The van der Waals surface area contributed by atoms with Crippen LogP contribution in [0.4, 0.5) is 0 Å². The van der Waals surface area contributed by atoms with Crippen LogP contribution in [0.25, 0.3) is 0 Å². The predicted octanol–water partition coefficient (Wildman–Crippen LogP) is 1.68. The molecule has 0 heterocycles. The number of amides is 1. The maximum atomic E-state index is 11.4. The molecule has 18 heavy (non-hydrogen) atoms. The SMILES string of the molecule is CCCCNC(=O)COCC1CCCCC1CN. The molecule has 1 amide bonds. The van der Waals surface area contributed by atoms with Gasteiger partial charge in [-0.15, -0.1) is 0 Å². The number of nitrogens with two attached hydrogens (primary N) is 1. The van der Waals surface area contributed by atoms with Crippen molar-refractivity contribution in [3.05, 3.63) is 0 Å². The highest BCUT2D eigenvalue weighted by atomic mass is 16.5. The van der Waals surface area contributed by atoms with E-state index in [0.717, 1.165) is 25.9 Å². The van der Waals surface area contributed by atoms with Gasteiger partial charge in [0.05, 0.1) is 6.61 Å². The minimum Gasteiger partial charge on any atom is -0.371 e. The number of carbonyl (C=O) groups is 1. The summed E-state index contributed by atoms with van der Waals surface area (Å²) in [7, 11) is 0. The Labute approximate surface area is 111 Å². The summed E-state index contributed by atoms with van der Waals surface area (Å²) in [6.45, 7) is 4.49. The standard InChI is InChI=1S/C14H28N2O2/c1-2-3-8-16-14(17)11-18-10-13-7-5-4-6-12(13)9-15/h12-13H,2-11,15H2,1H3,(H,16,17). The van der Waals surface area contributed by atoms with Gasteiger partial charge in [0.25, 0.3) is 0 Å². The molecule has 0 bridgehead atoms. The second-order valence-electron chi connectivity index (χ2n) is 5.26. The van der Waals surface area contributed by atoms with Crippen molar-refractivity contribution in [3.8, 4) is 0 Å². The summed E-state index contributed by atoms with van der Waals surface area (Å²) >= 11 is 0. The smallest absolute Gasteiger partial charge is 0.245 e. The molecule has 4 heteroatoms. The monoisotopic (exact) mass is 256 g/mol. The number of nitrogens with one attached hydrogen (secondary N) is 1. The van der Waals surface area contributed by atoms with Crippen molar-refractivity contribution in [1.29, 1.82) is 0 Å². The van der Waals surface area contributed by atoms with Crippen molar-refractivity contribution in [1.82, 2.24) is 5.32 Å². The zero-order valence-corrected chi connectivity index (χ0v) is 11.6. The van der Waals surface area contributed by atoms with Gasteiger partial charge in [0, 0.05) is 6.54 Å². The Kier molecular flexibility index (Phi) is 8.01. The van der Waals surface area contributed by atoms with Crippen LogP contribution in [0.1, 0.15) is 45.4 Å². The summed E-state index contributed by atoms with van der Waals surface area (Å²) in [5.74, 6) is 1.14. The lowest BCUT2D eigenvalue weighted by atomic mass is 9.80. The van der Waals surface area contributed by atoms with Crippen molar-refractivity contribution >= 4 is 5.91 Å². The van der Waals surface area contributed by atoms with Crippen LogP contribution in [0.2, 0.25) is 0 Å². The van der Waals surface area contributed by atoms with Crippen molar-refractivity contribution in [2.24, 2.45) is 17.6 Å². The first-order chi connectivity index (χ1) is 8.77. The molecule has 0 saturated heterocycles. The van der Waals surface area contributed by atoms with Gasteiger partial charge in [-0.2, -0.15) is 0 Å². The molecule has 2 unspecified atom stereocenters. The molecule has 1 fully saturated rings. The van der Waals surface area contributed by atoms with E-state index in [1.807, 2.05) is 0 Å². The number of hydrogen-bond acceptors (Lipinski definition) is 3. The third-order valence-corrected chi connectivity index (χ3v) is 3.79. The Balaban J connectivity index is 2.10. The molecule has 1 saturated carbocycles. The minimum atomic E-state index is 0.00329. The molecule has 1 rings (SSSR count). The molecule has 0 spiro atoms. The zero-order valence-electron chi connectivity index (χ0n) is 11.6. The van der Waals surface area contributed by atoms with Crippen LogP contribution in [0.15, 0.2) is 0 Å². The summed E-state index contributed by atoms with van der Waals surface area (Å²) in [4.78, 5) is 11.4. The number of unbranched alkanes of at least 4 members (excludes halogenated alkanes) is 1. The lowest BCUT2D eigenvalue weighted by Gasteiger charge is -2.30. The zero-order chi connectivity index (χ0) is 13.2. The Morgan fingerprint density at radius 2 is 2.06 bits per heavy atom. The number of rotatable bonds is 8. The van der Waals surface area contributed by atoms with Gasteiger partial charge in [-0.25, -0.2) is 0 Å². The normalized spacial score (nSPS) is 23.9. The van der Waals surface area contributed by atoms with Crippen molar-refractivity contribution in [2.45, 2.75) is 45.4 Å². The van der Waals surface area contributed by atoms with Crippen molar-refractivity contribution in [3.63, 3.8) is 0 Å². The van der Waals surface area contributed by atoms with Gasteiger partial charge in [-0.05, 0) is 37.6 Å². The average molecular weight is 256 g/mol. The highest BCUT2D eigenvalue weighted by Gasteiger charge is 2.24. The fraction of sp³-hybridized carbons (Fsp3) is 0.929. The van der Waals surface area contributed by atoms with Gasteiger partial charge in [-0.3, -0.25) is 4.79 Å². The van der Waals surface area contributed by atoms with Gasteiger partial charge in [-0.1, -0.05) is 26.2 Å². The minimum absolute atomic E-state index is 0.00329. The van der Waals surface area contributed by atoms with Crippen LogP contribution >= 0.6 is 0 Å². The molecule has 1 aliphatic carbocycles. The first kappa shape index (κ1) is 15.4. The van der Waals surface area contributed by atoms with E-state index in [2.05, 4.69) is 12.2 Å². The van der Waals surface area contributed by atoms with Crippen molar-refractivity contribution in [2.75, 3.05) is 26.3 Å². The molecule has 0 aromatic heterocycles. The fourth-order valence-electron chi connectivity index (χ4n) is 2.57. The van der Waals surface area contributed by atoms with E-state index >= 15 is 0 Å². The molecule has 106 valence electrons.